The highest BCUT2D eigenvalue weighted by Gasteiger charge is 2.38. The van der Waals surface area contributed by atoms with Crippen LogP contribution in [-0.2, 0) is 11.2 Å². The highest BCUT2D eigenvalue weighted by molar-refractivity contribution is 5.83. The minimum atomic E-state index is -2.52. The standard InChI is InChI=1S/C19H27NO3/c1-12(2)7-14-11-20-6-5-13-8-18(22-3)19(23-4)9-15(13)16(20)10-17(14)21/h8-9,12,14,16H,5-7,10-11H2,1-4H3/t14-,16+/m1/s1/i3D3. The van der Waals surface area contributed by atoms with Crippen molar-refractivity contribution >= 4 is 5.78 Å². The van der Waals surface area contributed by atoms with Crippen LogP contribution in [0.3, 0.4) is 0 Å². The van der Waals surface area contributed by atoms with Gasteiger partial charge in [-0.1, -0.05) is 13.8 Å². The Balaban J connectivity index is 1.88. The van der Waals surface area contributed by atoms with Gasteiger partial charge in [-0.3, -0.25) is 9.69 Å². The lowest BCUT2D eigenvalue weighted by molar-refractivity contribution is -0.129. The third-order valence-corrected chi connectivity index (χ3v) is 5.06. The van der Waals surface area contributed by atoms with E-state index in [-0.39, 0.29) is 17.7 Å². The molecule has 0 radical (unpaired) electrons. The second kappa shape index (κ2) is 6.52. The normalized spacial score (nSPS) is 26.8. The molecule has 0 aromatic heterocycles. The van der Waals surface area contributed by atoms with Crippen molar-refractivity contribution in [1.29, 1.82) is 0 Å². The molecule has 4 nitrogen and oxygen atoms in total. The molecule has 4 heteroatoms. The lowest BCUT2D eigenvalue weighted by atomic mass is 9.80. The van der Waals surface area contributed by atoms with Crippen molar-refractivity contribution in [2.24, 2.45) is 11.8 Å². The number of hydrogen-bond donors (Lipinski definition) is 0. The lowest BCUT2D eigenvalue weighted by Gasteiger charge is -2.43. The smallest absolute Gasteiger partial charge is 0.161 e. The Hall–Kier alpha value is -1.55. The summed E-state index contributed by atoms with van der Waals surface area (Å²) < 4.78 is 32.5. The maximum absolute atomic E-state index is 12.6. The van der Waals surface area contributed by atoms with Crippen molar-refractivity contribution in [2.75, 3.05) is 27.2 Å². The summed E-state index contributed by atoms with van der Waals surface area (Å²) in [5.41, 5.74) is 2.10. The van der Waals surface area contributed by atoms with E-state index in [0.717, 1.165) is 37.1 Å². The zero-order valence-corrected chi connectivity index (χ0v) is 14.1. The van der Waals surface area contributed by atoms with Gasteiger partial charge in [0.25, 0.3) is 0 Å². The number of carbonyl (C=O) groups excluding carboxylic acids is 1. The number of carbonyl (C=O) groups is 1. The number of ether oxygens (including phenoxy) is 2. The fourth-order valence-corrected chi connectivity index (χ4v) is 3.98. The van der Waals surface area contributed by atoms with E-state index >= 15 is 0 Å². The van der Waals surface area contributed by atoms with Crippen LogP contribution in [0.15, 0.2) is 12.1 Å². The molecular weight excluding hydrogens is 290 g/mol. The van der Waals surface area contributed by atoms with Crippen molar-refractivity contribution in [3.8, 4) is 11.5 Å². The molecule has 3 rings (SSSR count). The van der Waals surface area contributed by atoms with E-state index in [9.17, 15) is 4.79 Å². The quantitative estimate of drug-likeness (QED) is 0.854. The van der Waals surface area contributed by atoms with Crippen LogP contribution < -0.4 is 9.47 Å². The topological polar surface area (TPSA) is 38.8 Å². The van der Waals surface area contributed by atoms with Crippen LogP contribution in [0.5, 0.6) is 11.5 Å². The van der Waals surface area contributed by atoms with Gasteiger partial charge in [0.05, 0.1) is 18.3 Å². The molecule has 0 unspecified atom stereocenters. The Labute approximate surface area is 143 Å². The zero-order valence-electron chi connectivity index (χ0n) is 17.1. The Morgan fingerprint density at radius 3 is 2.83 bits per heavy atom. The van der Waals surface area contributed by atoms with Gasteiger partial charge >= 0.3 is 0 Å². The first kappa shape index (κ1) is 12.8. The van der Waals surface area contributed by atoms with Crippen LogP contribution >= 0.6 is 0 Å². The van der Waals surface area contributed by atoms with Crippen LogP contribution in [-0.4, -0.2) is 37.9 Å². The highest BCUT2D eigenvalue weighted by atomic mass is 16.5. The molecule has 0 spiro atoms. The number of Topliss-reactive ketones (excluding diaryl/α,β-unsaturated/α-hetero) is 1. The van der Waals surface area contributed by atoms with E-state index in [2.05, 4.69) is 18.7 Å². The number of methoxy groups -OCH3 is 2. The third kappa shape index (κ3) is 3.09. The monoisotopic (exact) mass is 320 g/mol. The molecule has 1 fully saturated rings. The van der Waals surface area contributed by atoms with Crippen molar-refractivity contribution in [2.45, 2.75) is 39.2 Å². The third-order valence-electron chi connectivity index (χ3n) is 5.06. The van der Waals surface area contributed by atoms with Crippen molar-refractivity contribution in [3.05, 3.63) is 23.3 Å². The number of piperidine rings is 1. The Kier molecular flexibility index (Phi) is 3.63. The second-order valence-electron chi connectivity index (χ2n) is 7.06. The molecule has 23 heavy (non-hydrogen) atoms. The highest BCUT2D eigenvalue weighted by Crippen LogP contribution is 2.42. The maximum atomic E-state index is 12.6. The van der Waals surface area contributed by atoms with Crippen molar-refractivity contribution in [1.82, 2.24) is 4.90 Å². The van der Waals surface area contributed by atoms with E-state index < -0.39 is 7.04 Å². The molecule has 0 N–H and O–H groups in total. The fraction of sp³-hybridized carbons (Fsp3) is 0.632. The summed E-state index contributed by atoms with van der Waals surface area (Å²) in [6.45, 7) is 5.99. The number of ketones is 1. The lowest BCUT2D eigenvalue weighted by Crippen LogP contribution is -2.46. The van der Waals surface area contributed by atoms with Gasteiger partial charge in [0.1, 0.15) is 5.78 Å². The Morgan fingerprint density at radius 2 is 2.13 bits per heavy atom. The Bertz CT molecular complexity index is 687. The Morgan fingerprint density at radius 1 is 1.35 bits per heavy atom. The van der Waals surface area contributed by atoms with Crippen molar-refractivity contribution < 1.29 is 18.4 Å². The van der Waals surface area contributed by atoms with Gasteiger partial charge in [0, 0.05) is 31.5 Å². The van der Waals surface area contributed by atoms with Crippen molar-refractivity contribution in [3.63, 3.8) is 0 Å². The van der Waals surface area contributed by atoms with Crippen LogP contribution in [0, 0.1) is 11.8 Å². The summed E-state index contributed by atoms with van der Waals surface area (Å²) in [5, 5.41) is 0. The number of fused-ring (bicyclic) bond motifs is 3. The van der Waals surface area contributed by atoms with Gasteiger partial charge < -0.3 is 9.47 Å². The average molecular weight is 320 g/mol. The summed E-state index contributed by atoms with van der Waals surface area (Å²) in [7, 11) is -1.02. The molecule has 0 aliphatic carbocycles. The minimum absolute atomic E-state index is 0.0466. The molecule has 0 amide bonds. The second-order valence-corrected chi connectivity index (χ2v) is 7.06. The molecule has 0 saturated carbocycles. The van der Waals surface area contributed by atoms with Gasteiger partial charge in [0.2, 0.25) is 0 Å². The average Bonchev–Trinajstić information content (AvgIpc) is 2.53. The van der Waals surface area contributed by atoms with E-state index in [1.165, 1.54) is 7.11 Å². The number of nitrogens with zero attached hydrogens (tertiary/aromatic N) is 1. The molecule has 2 aliphatic rings. The number of hydrogen-bond acceptors (Lipinski definition) is 4. The largest absolute Gasteiger partial charge is 0.493 e. The number of rotatable bonds is 4. The number of benzene rings is 1. The molecule has 0 bridgehead atoms. The minimum Gasteiger partial charge on any atom is -0.493 e. The summed E-state index contributed by atoms with van der Waals surface area (Å²) >= 11 is 0. The molecule has 2 aliphatic heterocycles. The van der Waals surface area contributed by atoms with Gasteiger partial charge in [-0.2, -0.15) is 0 Å². The van der Waals surface area contributed by atoms with Crippen LogP contribution in [0.1, 0.15) is 48.0 Å². The molecule has 126 valence electrons. The maximum Gasteiger partial charge on any atom is 0.161 e. The predicted octanol–water partition coefficient (Wildman–Crippen LogP) is 3.24. The molecule has 2 atom stereocenters. The van der Waals surface area contributed by atoms with Crippen LogP contribution in [0.4, 0.5) is 0 Å². The van der Waals surface area contributed by atoms with E-state index in [0.29, 0.717) is 23.9 Å². The molecule has 2 heterocycles. The van der Waals surface area contributed by atoms with Crippen LogP contribution in [0.25, 0.3) is 0 Å². The zero-order chi connectivity index (χ0) is 19.1. The summed E-state index contributed by atoms with van der Waals surface area (Å²) in [5.74, 6) is 1.60. The van der Waals surface area contributed by atoms with E-state index in [1.807, 2.05) is 6.07 Å². The summed E-state index contributed by atoms with van der Waals surface area (Å²) in [6.07, 6.45) is 2.26. The molecular formula is C19H27NO3. The fourth-order valence-electron chi connectivity index (χ4n) is 3.98. The van der Waals surface area contributed by atoms with E-state index in [1.54, 1.807) is 6.07 Å². The summed E-state index contributed by atoms with van der Waals surface area (Å²) in [6, 6.07) is 3.66. The molecule has 1 aromatic carbocycles. The van der Waals surface area contributed by atoms with Gasteiger partial charge in [-0.15, -0.1) is 0 Å². The molecule has 1 aromatic rings. The van der Waals surface area contributed by atoms with E-state index in [4.69, 9.17) is 13.6 Å². The first-order chi connectivity index (χ1) is 12.2. The first-order valence-corrected chi connectivity index (χ1v) is 8.34. The summed E-state index contributed by atoms with van der Waals surface area (Å²) in [4.78, 5) is 15.0. The van der Waals surface area contributed by atoms with Gasteiger partial charge in [-0.25, -0.2) is 0 Å². The van der Waals surface area contributed by atoms with Crippen LogP contribution in [0.2, 0.25) is 0 Å². The predicted molar refractivity (Wildman–Crippen MR) is 90.1 cm³/mol. The SMILES string of the molecule is [2H]C([2H])([2H])Oc1cc2c(cc1OC)[C@@H]1CC(=O)[C@H](CC(C)C)CN1CC2. The van der Waals surface area contributed by atoms with Gasteiger partial charge in [-0.05, 0) is 42.0 Å². The first-order valence-electron chi connectivity index (χ1n) is 9.84. The molecule has 1 saturated heterocycles. The van der Waals surface area contributed by atoms with Gasteiger partial charge in [0.15, 0.2) is 11.5 Å².